The van der Waals surface area contributed by atoms with Gasteiger partial charge in [0.1, 0.15) is 5.75 Å². The van der Waals surface area contributed by atoms with Crippen molar-refractivity contribution in [3.05, 3.63) is 90.0 Å². The molecule has 0 heterocycles. The standard InChI is InChI=1S/C26H31N3O4S/c1-4-29(5-2)24(20-12-7-6-8-13-20)19-27-26(30)21-14-11-15-22(18-21)34(31,32)28-23-16-9-10-17-25(23)33-3/h6-18,24,28H,4-5,19H2,1-3H3,(H,27,30). The summed E-state index contributed by atoms with van der Waals surface area (Å²) in [5.74, 6) is 0.0748. The predicted molar refractivity (Wildman–Crippen MR) is 135 cm³/mol. The number of anilines is 1. The van der Waals surface area contributed by atoms with Gasteiger partial charge in [-0.3, -0.25) is 14.4 Å². The number of hydrogen-bond acceptors (Lipinski definition) is 5. The summed E-state index contributed by atoms with van der Waals surface area (Å²) in [6, 6.07) is 22.8. The second-order valence-electron chi connectivity index (χ2n) is 7.69. The predicted octanol–water partition coefficient (Wildman–Crippen LogP) is 4.31. The Labute approximate surface area is 201 Å². The van der Waals surface area contributed by atoms with Crippen LogP contribution in [-0.2, 0) is 10.0 Å². The molecule has 3 rings (SSSR count). The van der Waals surface area contributed by atoms with E-state index in [2.05, 4.69) is 28.8 Å². The van der Waals surface area contributed by atoms with E-state index in [-0.39, 0.29) is 22.4 Å². The Hall–Kier alpha value is -3.36. The number of carbonyl (C=O) groups excluding carboxylic acids is 1. The molecule has 0 bridgehead atoms. The molecule has 7 nitrogen and oxygen atoms in total. The molecule has 0 aliphatic rings. The van der Waals surface area contributed by atoms with Crippen molar-refractivity contribution in [2.45, 2.75) is 24.8 Å². The van der Waals surface area contributed by atoms with Gasteiger partial charge in [-0.15, -0.1) is 0 Å². The molecule has 1 unspecified atom stereocenters. The number of amides is 1. The fraction of sp³-hybridized carbons (Fsp3) is 0.269. The molecular weight excluding hydrogens is 450 g/mol. The molecule has 0 saturated carbocycles. The van der Waals surface area contributed by atoms with Gasteiger partial charge in [-0.25, -0.2) is 8.42 Å². The second-order valence-corrected chi connectivity index (χ2v) is 9.37. The molecule has 0 radical (unpaired) electrons. The average molecular weight is 482 g/mol. The van der Waals surface area contributed by atoms with Crippen molar-refractivity contribution in [1.29, 1.82) is 0 Å². The molecule has 34 heavy (non-hydrogen) atoms. The highest BCUT2D eigenvalue weighted by Crippen LogP contribution is 2.26. The lowest BCUT2D eigenvalue weighted by Gasteiger charge is -2.30. The normalized spacial score (nSPS) is 12.2. The first-order chi connectivity index (χ1) is 16.4. The first-order valence-electron chi connectivity index (χ1n) is 11.2. The van der Waals surface area contributed by atoms with Crippen LogP contribution in [0.2, 0.25) is 0 Å². The summed E-state index contributed by atoms with van der Waals surface area (Å²) in [7, 11) is -2.44. The van der Waals surface area contributed by atoms with Crippen LogP contribution in [0.4, 0.5) is 5.69 Å². The second kappa shape index (κ2) is 11.7. The van der Waals surface area contributed by atoms with Crippen molar-refractivity contribution in [2.24, 2.45) is 0 Å². The van der Waals surface area contributed by atoms with Gasteiger partial charge >= 0.3 is 0 Å². The molecule has 0 fully saturated rings. The Bertz CT molecular complexity index is 1200. The van der Waals surface area contributed by atoms with Gasteiger partial charge in [0.25, 0.3) is 15.9 Å². The number of hydrogen-bond donors (Lipinski definition) is 2. The number of para-hydroxylation sites is 2. The molecule has 0 spiro atoms. The Morgan fingerprint density at radius 1 is 0.941 bits per heavy atom. The van der Waals surface area contributed by atoms with Crippen molar-refractivity contribution in [3.8, 4) is 5.75 Å². The summed E-state index contributed by atoms with van der Waals surface area (Å²) >= 11 is 0. The first kappa shape index (κ1) is 25.3. The Balaban J connectivity index is 1.77. The van der Waals surface area contributed by atoms with Crippen molar-refractivity contribution < 1.29 is 17.9 Å². The number of nitrogens with one attached hydrogen (secondary N) is 2. The third-order valence-electron chi connectivity index (χ3n) is 5.65. The zero-order valence-electron chi connectivity index (χ0n) is 19.7. The number of rotatable bonds is 11. The summed E-state index contributed by atoms with van der Waals surface area (Å²) in [5.41, 5.74) is 1.71. The van der Waals surface area contributed by atoms with Crippen LogP contribution in [-0.4, -0.2) is 46.0 Å². The number of ether oxygens (including phenoxy) is 1. The van der Waals surface area contributed by atoms with Gasteiger partial charge in [0.2, 0.25) is 0 Å². The van der Waals surface area contributed by atoms with Gasteiger partial charge in [-0.1, -0.05) is 62.4 Å². The highest BCUT2D eigenvalue weighted by molar-refractivity contribution is 7.92. The van der Waals surface area contributed by atoms with Crippen molar-refractivity contribution in [2.75, 3.05) is 31.5 Å². The monoisotopic (exact) mass is 481 g/mol. The zero-order valence-corrected chi connectivity index (χ0v) is 20.5. The number of likely N-dealkylation sites (N-methyl/N-ethyl adjacent to an activating group) is 1. The van der Waals surface area contributed by atoms with Gasteiger partial charge in [-0.2, -0.15) is 0 Å². The molecule has 0 aromatic heterocycles. The summed E-state index contributed by atoms with van der Waals surface area (Å²) in [6.07, 6.45) is 0. The van der Waals surface area contributed by atoms with Crippen molar-refractivity contribution in [3.63, 3.8) is 0 Å². The lowest BCUT2D eigenvalue weighted by Crippen LogP contribution is -2.38. The fourth-order valence-corrected chi connectivity index (χ4v) is 4.94. The third-order valence-corrected chi connectivity index (χ3v) is 7.01. The van der Waals surface area contributed by atoms with E-state index in [1.165, 1.54) is 19.2 Å². The minimum absolute atomic E-state index is 0.00518. The molecule has 0 saturated heterocycles. The van der Waals surface area contributed by atoms with Gasteiger partial charge in [0.15, 0.2) is 0 Å². The van der Waals surface area contributed by atoms with E-state index in [0.717, 1.165) is 18.7 Å². The van der Waals surface area contributed by atoms with E-state index >= 15 is 0 Å². The largest absolute Gasteiger partial charge is 0.495 e. The summed E-state index contributed by atoms with van der Waals surface area (Å²) in [4.78, 5) is 15.2. The van der Waals surface area contributed by atoms with E-state index in [0.29, 0.717) is 18.0 Å². The fourth-order valence-electron chi connectivity index (χ4n) is 3.83. The minimum Gasteiger partial charge on any atom is -0.495 e. The van der Waals surface area contributed by atoms with Gasteiger partial charge < -0.3 is 10.1 Å². The zero-order chi connectivity index (χ0) is 24.6. The SMILES string of the molecule is CCN(CC)C(CNC(=O)c1cccc(S(=O)(=O)Nc2ccccc2OC)c1)c1ccccc1. The molecule has 180 valence electrons. The lowest BCUT2D eigenvalue weighted by molar-refractivity contribution is 0.0934. The van der Waals surface area contributed by atoms with Gasteiger partial charge in [0.05, 0.1) is 23.7 Å². The van der Waals surface area contributed by atoms with E-state index in [9.17, 15) is 13.2 Å². The molecule has 1 atom stereocenters. The Kier molecular flexibility index (Phi) is 8.67. The molecule has 8 heteroatoms. The molecule has 0 aliphatic heterocycles. The van der Waals surface area contributed by atoms with E-state index in [4.69, 9.17) is 4.74 Å². The summed E-state index contributed by atoms with van der Waals surface area (Å²) in [6.45, 7) is 6.26. The van der Waals surface area contributed by atoms with E-state index < -0.39 is 10.0 Å². The van der Waals surface area contributed by atoms with Crippen LogP contribution in [0.3, 0.4) is 0 Å². The molecule has 0 aliphatic carbocycles. The number of nitrogens with zero attached hydrogens (tertiary/aromatic N) is 1. The van der Waals surface area contributed by atoms with Gasteiger partial charge in [0, 0.05) is 12.1 Å². The average Bonchev–Trinajstić information content (AvgIpc) is 2.87. The Morgan fingerprint density at radius 2 is 1.62 bits per heavy atom. The quantitative estimate of drug-likeness (QED) is 0.426. The van der Waals surface area contributed by atoms with Crippen LogP contribution in [0.25, 0.3) is 0 Å². The number of carbonyl (C=O) groups is 1. The maximum absolute atomic E-state index is 13.0. The molecule has 3 aromatic carbocycles. The van der Waals surface area contributed by atoms with Gasteiger partial charge in [-0.05, 0) is 49.0 Å². The van der Waals surface area contributed by atoms with Crippen LogP contribution < -0.4 is 14.8 Å². The van der Waals surface area contributed by atoms with Crippen LogP contribution in [0, 0.1) is 0 Å². The first-order valence-corrected chi connectivity index (χ1v) is 12.7. The van der Waals surface area contributed by atoms with Crippen LogP contribution in [0.1, 0.15) is 35.8 Å². The summed E-state index contributed by atoms with van der Waals surface area (Å²) in [5, 5.41) is 2.98. The van der Waals surface area contributed by atoms with Crippen LogP contribution in [0.15, 0.2) is 83.8 Å². The minimum atomic E-state index is -3.92. The molecule has 1 amide bonds. The molecule has 3 aromatic rings. The van der Waals surface area contributed by atoms with Crippen molar-refractivity contribution in [1.82, 2.24) is 10.2 Å². The van der Waals surface area contributed by atoms with Crippen molar-refractivity contribution >= 4 is 21.6 Å². The van der Waals surface area contributed by atoms with Crippen LogP contribution >= 0.6 is 0 Å². The number of methoxy groups -OCH3 is 1. The highest BCUT2D eigenvalue weighted by Gasteiger charge is 2.21. The number of benzene rings is 3. The Morgan fingerprint density at radius 3 is 2.29 bits per heavy atom. The number of sulfonamides is 1. The van der Waals surface area contributed by atoms with E-state index in [1.807, 2.05) is 30.3 Å². The molecular formula is C26H31N3O4S. The van der Waals surface area contributed by atoms with Crippen LogP contribution in [0.5, 0.6) is 5.75 Å². The lowest BCUT2D eigenvalue weighted by atomic mass is 10.0. The smallest absolute Gasteiger partial charge is 0.262 e. The maximum Gasteiger partial charge on any atom is 0.262 e. The molecule has 2 N–H and O–H groups in total. The topological polar surface area (TPSA) is 87.7 Å². The third kappa shape index (κ3) is 6.15. The maximum atomic E-state index is 13.0. The highest BCUT2D eigenvalue weighted by atomic mass is 32.2. The summed E-state index contributed by atoms with van der Waals surface area (Å²) < 4.78 is 33.7. The van der Waals surface area contributed by atoms with E-state index in [1.54, 1.807) is 36.4 Å².